The standard InChI is InChI=1S/C24H30N2O2/c1-17(27)28-16-21-20-15-26(14-18-10-6-4-7-11-18)23(19-12-8-5-9-13-19)22(20)24(21)25(2)3/h4-13,20-24H,14-16H2,1-3H3/t20-,21+,22+,23-,24-/m0/s1. The van der Waals surface area contributed by atoms with Gasteiger partial charge in [-0.05, 0) is 37.1 Å². The van der Waals surface area contributed by atoms with Crippen LogP contribution in [-0.2, 0) is 16.1 Å². The van der Waals surface area contributed by atoms with Crippen molar-refractivity contribution < 1.29 is 9.53 Å². The van der Waals surface area contributed by atoms with Gasteiger partial charge in [0, 0.05) is 38.0 Å². The van der Waals surface area contributed by atoms with Gasteiger partial charge in [0.25, 0.3) is 0 Å². The molecule has 5 atom stereocenters. The summed E-state index contributed by atoms with van der Waals surface area (Å²) in [4.78, 5) is 16.4. The molecule has 4 heteroatoms. The first-order valence-electron chi connectivity index (χ1n) is 10.2. The molecule has 2 aromatic rings. The lowest BCUT2D eigenvalue weighted by atomic mass is 9.59. The van der Waals surface area contributed by atoms with Gasteiger partial charge < -0.3 is 9.64 Å². The van der Waals surface area contributed by atoms with E-state index in [1.54, 1.807) is 0 Å². The van der Waals surface area contributed by atoms with Crippen LogP contribution in [-0.4, -0.2) is 49.1 Å². The molecule has 1 heterocycles. The first-order chi connectivity index (χ1) is 13.6. The molecule has 0 unspecified atom stereocenters. The summed E-state index contributed by atoms with van der Waals surface area (Å²) in [6, 6.07) is 22.4. The number of carbonyl (C=O) groups is 1. The van der Waals surface area contributed by atoms with Crippen LogP contribution in [0, 0.1) is 17.8 Å². The van der Waals surface area contributed by atoms with Gasteiger partial charge in [-0.1, -0.05) is 60.7 Å². The second-order valence-electron chi connectivity index (χ2n) is 8.43. The molecule has 1 saturated carbocycles. The smallest absolute Gasteiger partial charge is 0.302 e. The topological polar surface area (TPSA) is 32.8 Å². The van der Waals surface area contributed by atoms with Gasteiger partial charge in [0.2, 0.25) is 0 Å². The highest BCUT2D eigenvalue weighted by molar-refractivity contribution is 5.65. The fraction of sp³-hybridized carbons (Fsp3) is 0.458. The number of benzene rings is 2. The van der Waals surface area contributed by atoms with Crippen LogP contribution in [0.3, 0.4) is 0 Å². The third-order valence-corrected chi connectivity index (χ3v) is 6.53. The lowest BCUT2D eigenvalue weighted by Gasteiger charge is -2.53. The van der Waals surface area contributed by atoms with Gasteiger partial charge >= 0.3 is 5.97 Å². The molecule has 4 nitrogen and oxygen atoms in total. The van der Waals surface area contributed by atoms with Crippen LogP contribution in [0.2, 0.25) is 0 Å². The Hall–Kier alpha value is -2.17. The number of ether oxygens (including phenoxy) is 1. The van der Waals surface area contributed by atoms with Crippen molar-refractivity contribution in [2.75, 3.05) is 27.2 Å². The van der Waals surface area contributed by atoms with Gasteiger partial charge in [-0.15, -0.1) is 0 Å². The van der Waals surface area contributed by atoms with E-state index in [2.05, 4.69) is 84.6 Å². The third kappa shape index (κ3) is 3.59. The van der Waals surface area contributed by atoms with Crippen LogP contribution in [0.1, 0.15) is 24.1 Å². The van der Waals surface area contributed by atoms with E-state index in [-0.39, 0.29) is 5.97 Å². The molecule has 4 rings (SSSR count). The molecule has 148 valence electrons. The highest BCUT2D eigenvalue weighted by atomic mass is 16.5. The second kappa shape index (κ2) is 8.06. The Kier molecular flexibility index (Phi) is 5.51. The molecule has 0 spiro atoms. The van der Waals surface area contributed by atoms with Crippen molar-refractivity contribution in [2.24, 2.45) is 17.8 Å². The number of esters is 1. The van der Waals surface area contributed by atoms with E-state index in [9.17, 15) is 4.79 Å². The van der Waals surface area contributed by atoms with Crippen LogP contribution in [0.15, 0.2) is 60.7 Å². The third-order valence-electron chi connectivity index (χ3n) is 6.53. The van der Waals surface area contributed by atoms with E-state index >= 15 is 0 Å². The summed E-state index contributed by atoms with van der Waals surface area (Å²) in [5, 5.41) is 0. The van der Waals surface area contributed by atoms with Crippen LogP contribution in [0.25, 0.3) is 0 Å². The molecule has 0 aromatic heterocycles. The number of hydrogen-bond donors (Lipinski definition) is 0. The molecule has 1 aliphatic carbocycles. The summed E-state index contributed by atoms with van der Waals surface area (Å²) in [7, 11) is 4.31. The first-order valence-corrected chi connectivity index (χ1v) is 10.2. The predicted molar refractivity (Wildman–Crippen MR) is 111 cm³/mol. The quantitative estimate of drug-likeness (QED) is 0.719. The zero-order valence-corrected chi connectivity index (χ0v) is 17.0. The summed E-state index contributed by atoms with van der Waals surface area (Å²) in [6.07, 6.45) is 0. The Morgan fingerprint density at radius 1 is 1.07 bits per heavy atom. The molecule has 2 fully saturated rings. The summed E-state index contributed by atoms with van der Waals surface area (Å²) in [6.45, 7) is 4.03. The van der Waals surface area contributed by atoms with Gasteiger partial charge in [-0.3, -0.25) is 9.69 Å². The summed E-state index contributed by atoms with van der Waals surface area (Å²) >= 11 is 0. The maximum absolute atomic E-state index is 11.4. The van der Waals surface area contributed by atoms with Gasteiger partial charge in [0.15, 0.2) is 0 Å². The number of nitrogens with zero attached hydrogens (tertiary/aromatic N) is 2. The van der Waals surface area contributed by atoms with E-state index in [1.165, 1.54) is 18.1 Å². The van der Waals surface area contributed by atoms with E-state index in [4.69, 9.17) is 4.74 Å². The van der Waals surface area contributed by atoms with Crippen molar-refractivity contribution >= 4 is 5.97 Å². The monoisotopic (exact) mass is 378 g/mol. The van der Waals surface area contributed by atoms with E-state index in [0.29, 0.717) is 36.4 Å². The average molecular weight is 379 g/mol. The van der Waals surface area contributed by atoms with Crippen LogP contribution in [0.5, 0.6) is 0 Å². The molecule has 0 amide bonds. The van der Waals surface area contributed by atoms with Gasteiger partial charge in [0.05, 0.1) is 6.61 Å². The normalized spacial score (nSPS) is 29.4. The Balaban J connectivity index is 1.63. The minimum atomic E-state index is -0.181. The number of hydrogen-bond acceptors (Lipinski definition) is 4. The van der Waals surface area contributed by atoms with Crippen molar-refractivity contribution in [3.63, 3.8) is 0 Å². The maximum atomic E-state index is 11.4. The SMILES string of the molecule is CC(=O)OC[C@@H]1[C@@H]2CN(Cc3ccccc3)[C@@H](c3ccccc3)[C@@H]2[C@H]1N(C)C. The van der Waals surface area contributed by atoms with Crippen molar-refractivity contribution in [3.05, 3.63) is 71.8 Å². The van der Waals surface area contributed by atoms with Crippen LogP contribution in [0.4, 0.5) is 0 Å². The Morgan fingerprint density at radius 2 is 1.71 bits per heavy atom. The van der Waals surface area contributed by atoms with Crippen molar-refractivity contribution in [2.45, 2.75) is 25.6 Å². The average Bonchev–Trinajstić information content (AvgIpc) is 2.97. The molecule has 2 aromatic carbocycles. The largest absolute Gasteiger partial charge is 0.466 e. The number of fused-ring (bicyclic) bond motifs is 1. The molecule has 0 N–H and O–H groups in total. The van der Waals surface area contributed by atoms with E-state index in [1.807, 2.05) is 0 Å². The van der Waals surface area contributed by atoms with Gasteiger partial charge in [-0.25, -0.2) is 0 Å². The van der Waals surface area contributed by atoms with Gasteiger partial charge in [-0.2, -0.15) is 0 Å². The van der Waals surface area contributed by atoms with Crippen LogP contribution < -0.4 is 0 Å². The zero-order chi connectivity index (χ0) is 19.7. The lowest BCUT2D eigenvalue weighted by molar-refractivity contribution is -0.148. The Bertz CT molecular complexity index is 793. The Labute approximate surface area is 168 Å². The lowest BCUT2D eigenvalue weighted by Crippen LogP contribution is -2.59. The molecule has 0 bridgehead atoms. The van der Waals surface area contributed by atoms with Gasteiger partial charge in [0.1, 0.15) is 0 Å². The molecular formula is C24H30N2O2. The maximum Gasteiger partial charge on any atom is 0.302 e. The van der Waals surface area contributed by atoms with Crippen molar-refractivity contribution in [1.29, 1.82) is 0 Å². The highest BCUT2D eigenvalue weighted by Gasteiger charge is 2.60. The zero-order valence-electron chi connectivity index (χ0n) is 17.0. The fourth-order valence-electron chi connectivity index (χ4n) is 5.46. The number of likely N-dealkylation sites (tertiary alicyclic amines) is 1. The molecule has 1 saturated heterocycles. The minimum Gasteiger partial charge on any atom is -0.466 e. The predicted octanol–water partition coefficient (Wildman–Crippen LogP) is 3.60. The van der Waals surface area contributed by atoms with E-state index < -0.39 is 0 Å². The minimum absolute atomic E-state index is 0.181. The van der Waals surface area contributed by atoms with Crippen LogP contribution >= 0.6 is 0 Å². The molecule has 2 aliphatic rings. The molecule has 0 radical (unpaired) electrons. The Morgan fingerprint density at radius 3 is 2.32 bits per heavy atom. The summed E-state index contributed by atoms with van der Waals surface area (Å²) in [5.41, 5.74) is 2.74. The summed E-state index contributed by atoms with van der Waals surface area (Å²) < 4.78 is 5.44. The first kappa shape index (κ1) is 19.2. The van der Waals surface area contributed by atoms with Crippen molar-refractivity contribution in [3.8, 4) is 0 Å². The summed E-state index contributed by atoms with van der Waals surface area (Å²) in [5.74, 6) is 1.33. The van der Waals surface area contributed by atoms with Crippen molar-refractivity contribution in [1.82, 2.24) is 9.80 Å². The number of rotatable bonds is 6. The highest BCUT2D eigenvalue weighted by Crippen LogP contribution is 2.57. The second-order valence-corrected chi connectivity index (χ2v) is 8.43. The molecule has 1 aliphatic heterocycles. The van der Waals surface area contributed by atoms with E-state index in [0.717, 1.165) is 13.1 Å². The molecule has 28 heavy (non-hydrogen) atoms. The molecular weight excluding hydrogens is 348 g/mol. The fourth-order valence-corrected chi connectivity index (χ4v) is 5.46. The number of carbonyl (C=O) groups excluding carboxylic acids is 1.